The summed E-state index contributed by atoms with van der Waals surface area (Å²) in [5.74, 6) is -0.358. The molecule has 0 fully saturated rings. The van der Waals surface area contributed by atoms with Gasteiger partial charge in [0.05, 0.1) is 34.2 Å². The standard InChI is InChI=1S/C16H24N4O3.C4H8O2.2NO3.Ni/c1-12(18-22)10-20(11-13(2)19-23)15(16(21)17-3)9-14-7-5-4-6-8-14;1-3-6-4(2)5;2*2-1(3)4;/h4-8,15,22-23H,9-11H2,1-3H3,(H,17,21);3H2,1-2H3;;;/q;;2*-1;+2/b18-12+,19-13+;;;;/t15-;;;;/m0..../s1. The van der Waals surface area contributed by atoms with Gasteiger partial charge in [0.2, 0.25) is 5.91 Å². The Balaban J connectivity index is -0.000000317. The fraction of sp³-hybridized carbons (Fsp3) is 0.500. The third-order valence-corrected chi connectivity index (χ3v) is 3.81. The fourth-order valence-electron chi connectivity index (χ4n) is 2.52. The predicted molar refractivity (Wildman–Crippen MR) is 132 cm³/mol. The van der Waals surface area contributed by atoms with Crippen LogP contribution in [0.15, 0.2) is 40.6 Å². The van der Waals surface area contributed by atoms with E-state index in [-0.39, 0.29) is 41.5 Å². The van der Waals surface area contributed by atoms with E-state index in [0.717, 1.165) is 5.56 Å². The molecule has 0 bridgehead atoms. The van der Waals surface area contributed by atoms with Gasteiger partial charge < -0.3 is 51.1 Å². The zero-order chi connectivity index (χ0) is 29.4. The Morgan fingerprint density at radius 1 is 0.974 bits per heavy atom. The maximum absolute atomic E-state index is 12.3. The number of nitrogens with zero attached hydrogens (tertiary/aromatic N) is 5. The Labute approximate surface area is 228 Å². The average molecular weight is 591 g/mol. The van der Waals surface area contributed by atoms with Crippen molar-refractivity contribution < 1.29 is 51.4 Å². The van der Waals surface area contributed by atoms with E-state index < -0.39 is 16.2 Å². The molecule has 0 aliphatic carbocycles. The molecule has 0 spiro atoms. The van der Waals surface area contributed by atoms with Crippen LogP contribution in [0.3, 0.4) is 0 Å². The number of rotatable bonds is 9. The summed E-state index contributed by atoms with van der Waals surface area (Å²) in [5.41, 5.74) is 1.96. The second kappa shape index (κ2) is 26.0. The van der Waals surface area contributed by atoms with Crippen molar-refractivity contribution in [1.29, 1.82) is 0 Å². The molecule has 0 saturated heterocycles. The van der Waals surface area contributed by atoms with Crippen LogP contribution in [0.4, 0.5) is 0 Å². The molecule has 1 aromatic rings. The minimum Gasteiger partial charge on any atom is -0.466 e. The van der Waals surface area contributed by atoms with Crippen molar-refractivity contribution in [2.75, 3.05) is 26.7 Å². The van der Waals surface area contributed by atoms with Crippen LogP contribution in [0.5, 0.6) is 0 Å². The number of ether oxygens (including phenoxy) is 1. The minimum absolute atomic E-state index is 0. The van der Waals surface area contributed by atoms with Gasteiger partial charge in [0.25, 0.3) is 0 Å². The van der Waals surface area contributed by atoms with E-state index in [1.807, 2.05) is 35.2 Å². The van der Waals surface area contributed by atoms with E-state index in [1.165, 1.54) is 6.92 Å². The van der Waals surface area contributed by atoms with Crippen LogP contribution in [-0.4, -0.2) is 81.6 Å². The van der Waals surface area contributed by atoms with Gasteiger partial charge in [0.1, 0.15) is 0 Å². The molecule has 1 atom stereocenters. The van der Waals surface area contributed by atoms with Crippen molar-refractivity contribution in [2.24, 2.45) is 10.3 Å². The molecule has 18 heteroatoms. The van der Waals surface area contributed by atoms with Gasteiger partial charge in [-0.25, -0.2) is 0 Å². The second-order valence-electron chi connectivity index (χ2n) is 6.77. The summed E-state index contributed by atoms with van der Waals surface area (Å²) < 4.78 is 4.40. The zero-order valence-corrected chi connectivity index (χ0v) is 22.4. The normalized spacial score (nSPS) is 10.9. The number of nitrogens with one attached hydrogen (secondary N) is 1. The Bertz CT molecular complexity index is 832. The number of carbonyl (C=O) groups is 2. The Morgan fingerprint density at radius 2 is 1.37 bits per heavy atom. The molecule has 1 amide bonds. The van der Waals surface area contributed by atoms with Gasteiger partial charge in [-0.15, -0.1) is 0 Å². The van der Waals surface area contributed by atoms with Gasteiger partial charge in [0, 0.05) is 27.1 Å². The average Bonchev–Trinajstić information content (AvgIpc) is 2.81. The van der Waals surface area contributed by atoms with Crippen molar-refractivity contribution in [1.82, 2.24) is 10.2 Å². The van der Waals surface area contributed by atoms with Crippen LogP contribution in [0, 0.1) is 30.6 Å². The second-order valence-corrected chi connectivity index (χ2v) is 6.77. The van der Waals surface area contributed by atoms with Gasteiger partial charge in [-0.2, -0.15) is 0 Å². The van der Waals surface area contributed by atoms with Crippen molar-refractivity contribution in [2.45, 2.75) is 40.2 Å². The number of amides is 1. The van der Waals surface area contributed by atoms with Gasteiger partial charge >= 0.3 is 22.5 Å². The third kappa shape index (κ3) is 28.2. The third-order valence-electron chi connectivity index (χ3n) is 3.81. The van der Waals surface area contributed by atoms with Gasteiger partial charge in [-0.05, 0) is 32.8 Å². The van der Waals surface area contributed by atoms with E-state index in [2.05, 4.69) is 20.4 Å². The van der Waals surface area contributed by atoms with Crippen molar-refractivity contribution in [3.63, 3.8) is 0 Å². The first-order chi connectivity index (χ1) is 17.2. The molecule has 0 aliphatic rings. The smallest absolute Gasteiger partial charge is 0.466 e. The van der Waals surface area contributed by atoms with Gasteiger partial charge in [-0.1, -0.05) is 40.6 Å². The summed E-state index contributed by atoms with van der Waals surface area (Å²) in [4.78, 5) is 40.5. The molecule has 3 N–H and O–H groups in total. The van der Waals surface area contributed by atoms with Crippen molar-refractivity contribution in [3.05, 3.63) is 66.5 Å². The van der Waals surface area contributed by atoms with Crippen molar-refractivity contribution in [3.8, 4) is 0 Å². The number of likely N-dealkylation sites (N-methyl/N-ethyl adjacent to an activating group) is 1. The summed E-state index contributed by atoms with van der Waals surface area (Å²) in [6, 6.07) is 9.18. The zero-order valence-electron chi connectivity index (χ0n) is 21.4. The molecule has 1 rings (SSSR count). The Hall–Kier alpha value is -4.05. The molecule has 0 aromatic heterocycles. The summed E-state index contributed by atoms with van der Waals surface area (Å²) in [6.45, 7) is 7.56. The molecule has 0 saturated carbocycles. The first kappa shape index (κ1) is 41.1. The molecular formula is C20H32N6NiO11. The monoisotopic (exact) mass is 590 g/mol. The summed E-state index contributed by atoms with van der Waals surface area (Å²) in [5, 5.41) is 56.4. The van der Waals surface area contributed by atoms with E-state index in [1.54, 1.807) is 27.8 Å². The number of hydrogen-bond donors (Lipinski definition) is 3. The van der Waals surface area contributed by atoms with Gasteiger partial charge in [0.15, 0.2) is 0 Å². The van der Waals surface area contributed by atoms with E-state index >= 15 is 0 Å². The van der Waals surface area contributed by atoms with Crippen molar-refractivity contribution >= 4 is 23.3 Å². The van der Waals surface area contributed by atoms with Crippen LogP contribution in [-0.2, 0) is 37.2 Å². The first-order valence-corrected chi connectivity index (χ1v) is 10.4. The molecule has 218 valence electrons. The molecule has 0 aliphatic heterocycles. The SMILES string of the molecule is CCOC(C)=O.CNC(=O)[C@H](Cc1ccccc1)N(C/C(C)=N/O)C/C(C)=N/O.O=[N+]([O-])[O-].O=[N+]([O-])[O-].[Ni+2]. The van der Waals surface area contributed by atoms with Crippen LogP contribution in [0.2, 0.25) is 0 Å². The topological polar surface area (TPSA) is 256 Å². The molecule has 0 heterocycles. The molecule has 0 unspecified atom stereocenters. The van der Waals surface area contributed by atoms with E-state index in [0.29, 0.717) is 24.5 Å². The maximum atomic E-state index is 12.3. The van der Waals surface area contributed by atoms with Crippen LogP contribution >= 0.6 is 0 Å². The van der Waals surface area contributed by atoms with Gasteiger partial charge in [-0.3, -0.25) is 14.5 Å². The van der Waals surface area contributed by atoms with Crippen LogP contribution in [0.25, 0.3) is 0 Å². The first-order valence-electron chi connectivity index (χ1n) is 10.4. The van der Waals surface area contributed by atoms with E-state index in [9.17, 15) is 9.59 Å². The Kier molecular flexibility index (Phi) is 28.1. The molecule has 0 radical (unpaired) electrons. The largest absolute Gasteiger partial charge is 2.00 e. The Morgan fingerprint density at radius 3 is 1.63 bits per heavy atom. The molecular weight excluding hydrogens is 559 g/mol. The van der Waals surface area contributed by atoms with Crippen LogP contribution < -0.4 is 5.32 Å². The summed E-state index contributed by atoms with van der Waals surface area (Å²) in [7, 11) is 1.58. The molecule has 38 heavy (non-hydrogen) atoms. The predicted octanol–water partition coefficient (Wildman–Crippen LogP) is 1.43. The number of benzene rings is 1. The quantitative estimate of drug-likeness (QED) is 0.0920. The number of esters is 1. The van der Waals surface area contributed by atoms with Crippen LogP contribution in [0.1, 0.15) is 33.3 Å². The molecule has 1 aromatic carbocycles. The number of hydrogen-bond acceptors (Lipinski definition) is 14. The van der Waals surface area contributed by atoms with E-state index in [4.69, 9.17) is 41.1 Å². The summed E-state index contributed by atoms with van der Waals surface area (Å²) in [6.07, 6.45) is 0.498. The minimum atomic E-state index is -1.75. The summed E-state index contributed by atoms with van der Waals surface area (Å²) >= 11 is 0. The number of carbonyl (C=O) groups excluding carboxylic acids is 2. The maximum Gasteiger partial charge on any atom is 2.00 e. The number of oxime groups is 2. The fourth-order valence-corrected chi connectivity index (χ4v) is 2.52. The molecule has 17 nitrogen and oxygen atoms in total.